The molecule has 1 heterocycles. The molecule has 2 rings (SSSR count). The van der Waals surface area contributed by atoms with Crippen LogP contribution in [0.15, 0.2) is 24.5 Å². The van der Waals surface area contributed by atoms with Crippen molar-refractivity contribution in [2.45, 2.75) is 6.61 Å². The monoisotopic (exact) mass is 223 g/mol. The Kier molecular flexibility index (Phi) is 2.82. The molecule has 0 saturated carbocycles. The molecule has 0 spiro atoms. The second kappa shape index (κ2) is 4.28. The van der Waals surface area contributed by atoms with E-state index in [0.29, 0.717) is 11.5 Å². The van der Waals surface area contributed by atoms with Gasteiger partial charge in [-0.05, 0) is 12.1 Å². The Bertz CT molecular complexity index is 499. The van der Waals surface area contributed by atoms with E-state index < -0.39 is 5.82 Å². The maximum atomic E-state index is 13.2. The Labute approximate surface area is 91.1 Å². The molecule has 6 heteroatoms. The summed E-state index contributed by atoms with van der Waals surface area (Å²) >= 11 is 0. The number of aliphatic hydroxyl groups excluding tert-OH is 1. The van der Waals surface area contributed by atoms with Crippen molar-refractivity contribution in [2.24, 2.45) is 0 Å². The summed E-state index contributed by atoms with van der Waals surface area (Å²) in [6.07, 6.45) is 1.44. The Morgan fingerprint density at radius 1 is 1.50 bits per heavy atom. The van der Waals surface area contributed by atoms with Gasteiger partial charge < -0.3 is 9.84 Å². The molecule has 2 aromatic rings. The van der Waals surface area contributed by atoms with Crippen molar-refractivity contribution in [2.75, 3.05) is 7.11 Å². The predicted octanol–water partition coefficient (Wildman–Crippen LogP) is 0.907. The first-order valence-electron chi connectivity index (χ1n) is 4.60. The number of halogens is 1. The molecular formula is C10H10FN3O2. The zero-order valence-electron chi connectivity index (χ0n) is 8.59. The van der Waals surface area contributed by atoms with Gasteiger partial charge in [0.05, 0.1) is 12.8 Å². The van der Waals surface area contributed by atoms with Crippen molar-refractivity contribution in [3.05, 3.63) is 36.2 Å². The van der Waals surface area contributed by atoms with Crippen LogP contribution < -0.4 is 4.74 Å². The number of ether oxygens (including phenoxy) is 1. The van der Waals surface area contributed by atoms with Crippen molar-refractivity contribution in [3.63, 3.8) is 0 Å². The van der Waals surface area contributed by atoms with Crippen LogP contribution in [0.2, 0.25) is 0 Å². The highest BCUT2D eigenvalue weighted by molar-refractivity contribution is 5.40. The first kappa shape index (κ1) is 10.6. The molecule has 0 atom stereocenters. The Balaban J connectivity index is 2.48. The van der Waals surface area contributed by atoms with E-state index in [1.807, 2.05) is 0 Å². The Morgan fingerprint density at radius 3 is 3.00 bits per heavy atom. The standard InChI is InChI=1S/C10H10FN3O2/c1-16-9-4-7(2-3-8(9)11)14-6-12-13-10(14)5-15/h2-4,6,15H,5H2,1H3. The van der Waals surface area contributed by atoms with Crippen LogP contribution in [0.25, 0.3) is 5.69 Å². The third-order valence-electron chi connectivity index (χ3n) is 2.17. The number of aromatic nitrogens is 3. The smallest absolute Gasteiger partial charge is 0.165 e. The molecule has 0 radical (unpaired) electrons. The molecule has 0 unspecified atom stereocenters. The van der Waals surface area contributed by atoms with Crippen LogP contribution in [0.4, 0.5) is 4.39 Å². The Morgan fingerprint density at radius 2 is 2.31 bits per heavy atom. The zero-order valence-corrected chi connectivity index (χ0v) is 8.59. The van der Waals surface area contributed by atoms with Gasteiger partial charge in [-0.25, -0.2) is 4.39 Å². The second-order valence-electron chi connectivity index (χ2n) is 3.09. The van der Waals surface area contributed by atoms with Gasteiger partial charge in [0.15, 0.2) is 17.4 Å². The summed E-state index contributed by atoms with van der Waals surface area (Å²) in [5.74, 6) is 0.0774. The molecule has 0 aliphatic heterocycles. The van der Waals surface area contributed by atoms with Crippen LogP contribution in [-0.2, 0) is 6.61 Å². The fourth-order valence-electron chi connectivity index (χ4n) is 1.38. The maximum absolute atomic E-state index is 13.2. The first-order valence-corrected chi connectivity index (χ1v) is 4.60. The molecule has 84 valence electrons. The van der Waals surface area contributed by atoms with Crippen LogP contribution in [0.5, 0.6) is 5.75 Å². The summed E-state index contributed by atoms with van der Waals surface area (Å²) in [5, 5.41) is 16.4. The summed E-state index contributed by atoms with van der Waals surface area (Å²) in [7, 11) is 1.39. The molecule has 5 nitrogen and oxygen atoms in total. The van der Waals surface area contributed by atoms with Gasteiger partial charge in [0.1, 0.15) is 12.9 Å². The molecule has 0 bridgehead atoms. The van der Waals surface area contributed by atoms with Crippen LogP contribution in [-0.4, -0.2) is 27.0 Å². The minimum Gasteiger partial charge on any atom is -0.494 e. The first-order chi connectivity index (χ1) is 7.76. The van der Waals surface area contributed by atoms with Gasteiger partial charge in [-0.2, -0.15) is 0 Å². The maximum Gasteiger partial charge on any atom is 0.165 e. The molecule has 1 N–H and O–H groups in total. The summed E-state index contributed by atoms with van der Waals surface area (Å²) < 4.78 is 19.6. The van der Waals surface area contributed by atoms with Gasteiger partial charge >= 0.3 is 0 Å². The molecule has 0 saturated heterocycles. The molecule has 1 aromatic heterocycles. The van der Waals surface area contributed by atoms with E-state index in [0.717, 1.165) is 0 Å². The average Bonchev–Trinajstić information content (AvgIpc) is 2.78. The van der Waals surface area contributed by atoms with Crippen molar-refractivity contribution in [1.29, 1.82) is 0 Å². The fourth-order valence-corrected chi connectivity index (χ4v) is 1.38. The van der Waals surface area contributed by atoms with Crippen molar-refractivity contribution in [1.82, 2.24) is 14.8 Å². The van der Waals surface area contributed by atoms with Crippen molar-refractivity contribution >= 4 is 0 Å². The van der Waals surface area contributed by atoms with E-state index >= 15 is 0 Å². The number of hydrogen-bond donors (Lipinski definition) is 1. The molecule has 0 aliphatic carbocycles. The second-order valence-corrected chi connectivity index (χ2v) is 3.09. The molecule has 1 aromatic carbocycles. The van der Waals surface area contributed by atoms with E-state index in [4.69, 9.17) is 9.84 Å². The minimum absolute atomic E-state index is 0.134. The van der Waals surface area contributed by atoms with Crippen LogP contribution in [0.3, 0.4) is 0 Å². The SMILES string of the molecule is COc1cc(-n2cnnc2CO)ccc1F. The van der Waals surface area contributed by atoms with Crippen LogP contribution in [0.1, 0.15) is 5.82 Å². The Hall–Kier alpha value is -1.95. The molecule has 0 amide bonds. The van der Waals surface area contributed by atoms with Crippen molar-refractivity contribution in [3.8, 4) is 11.4 Å². The fraction of sp³-hybridized carbons (Fsp3) is 0.200. The number of rotatable bonds is 3. The highest BCUT2D eigenvalue weighted by atomic mass is 19.1. The lowest BCUT2D eigenvalue weighted by molar-refractivity contribution is 0.269. The lowest BCUT2D eigenvalue weighted by Crippen LogP contribution is -2.01. The quantitative estimate of drug-likeness (QED) is 0.840. The lowest BCUT2D eigenvalue weighted by Gasteiger charge is -2.07. The van der Waals surface area contributed by atoms with E-state index in [1.165, 1.54) is 25.6 Å². The zero-order chi connectivity index (χ0) is 11.5. The van der Waals surface area contributed by atoms with E-state index in [1.54, 1.807) is 10.6 Å². The highest BCUT2D eigenvalue weighted by Crippen LogP contribution is 2.21. The number of aliphatic hydroxyl groups is 1. The number of nitrogens with zero attached hydrogens (tertiary/aromatic N) is 3. The summed E-state index contributed by atoms with van der Waals surface area (Å²) in [6.45, 7) is -0.236. The van der Waals surface area contributed by atoms with Gasteiger partial charge in [0.2, 0.25) is 0 Å². The number of benzene rings is 1. The third-order valence-corrected chi connectivity index (χ3v) is 2.17. The summed E-state index contributed by atoms with van der Waals surface area (Å²) in [4.78, 5) is 0. The van der Waals surface area contributed by atoms with Crippen molar-refractivity contribution < 1.29 is 14.2 Å². The molecule has 0 fully saturated rings. The predicted molar refractivity (Wildman–Crippen MR) is 53.8 cm³/mol. The topological polar surface area (TPSA) is 60.2 Å². The van der Waals surface area contributed by atoms with Gasteiger partial charge in [0.25, 0.3) is 0 Å². The largest absolute Gasteiger partial charge is 0.494 e. The van der Waals surface area contributed by atoms with Gasteiger partial charge in [-0.3, -0.25) is 4.57 Å². The normalized spacial score (nSPS) is 10.4. The lowest BCUT2D eigenvalue weighted by atomic mass is 10.3. The number of hydrogen-bond acceptors (Lipinski definition) is 4. The highest BCUT2D eigenvalue weighted by Gasteiger charge is 2.08. The number of methoxy groups -OCH3 is 1. The summed E-state index contributed by atoms with van der Waals surface area (Å²) in [6, 6.07) is 4.35. The van der Waals surface area contributed by atoms with Gasteiger partial charge in [0, 0.05) is 6.07 Å². The van der Waals surface area contributed by atoms with Crippen LogP contribution >= 0.6 is 0 Å². The minimum atomic E-state index is -0.440. The average molecular weight is 223 g/mol. The van der Waals surface area contributed by atoms with Gasteiger partial charge in [-0.1, -0.05) is 0 Å². The van der Waals surface area contributed by atoms with E-state index in [9.17, 15) is 4.39 Å². The van der Waals surface area contributed by atoms with Crippen LogP contribution in [0, 0.1) is 5.82 Å². The van der Waals surface area contributed by atoms with Gasteiger partial charge in [-0.15, -0.1) is 10.2 Å². The van der Waals surface area contributed by atoms with E-state index in [2.05, 4.69) is 10.2 Å². The summed E-state index contributed by atoms with van der Waals surface area (Å²) in [5.41, 5.74) is 0.632. The molecule has 16 heavy (non-hydrogen) atoms. The molecule has 0 aliphatic rings. The molecular weight excluding hydrogens is 213 g/mol. The third kappa shape index (κ3) is 1.74. The van der Waals surface area contributed by atoms with E-state index in [-0.39, 0.29) is 12.4 Å².